The highest BCUT2D eigenvalue weighted by Crippen LogP contribution is 2.50. The van der Waals surface area contributed by atoms with Crippen molar-refractivity contribution in [2.75, 3.05) is 5.32 Å². The Labute approximate surface area is 154 Å². The summed E-state index contributed by atoms with van der Waals surface area (Å²) in [6.45, 7) is 6.67. The zero-order chi connectivity index (χ0) is 18.5. The standard InChI is InChI=1S/C22H24N2O2/c1-22(2,3)15-9-7-14(8-10-15)21-18-6-4-5-17(18)19-13-16(24(25)26)11-12-20(19)23-21/h4-5,7-13,17-18,21,23H,6H2,1-3H3/t17-,18+,21-/m0/s1. The molecule has 4 nitrogen and oxygen atoms in total. The molecule has 0 saturated carbocycles. The van der Waals surface area contributed by atoms with Crippen molar-refractivity contribution in [3.63, 3.8) is 0 Å². The molecular weight excluding hydrogens is 324 g/mol. The van der Waals surface area contributed by atoms with E-state index in [1.807, 2.05) is 6.07 Å². The van der Waals surface area contributed by atoms with E-state index >= 15 is 0 Å². The maximum Gasteiger partial charge on any atom is 0.269 e. The average molecular weight is 348 g/mol. The molecule has 3 atom stereocenters. The van der Waals surface area contributed by atoms with Crippen LogP contribution in [0, 0.1) is 16.0 Å². The number of nitrogens with one attached hydrogen (secondary N) is 1. The Morgan fingerprint density at radius 2 is 1.85 bits per heavy atom. The SMILES string of the molecule is CC(C)(C)c1ccc([C@@H]2Nc3ccc([N+](=O)[O-])cc3[C@H]3C=CC[C@H]32)cc1. The molecule has 0 saturated heterocycles. The summed E-state index contributed by atoms with van der Waals surface area (Å²) in [5.41, 5.74) is 4.96. The molecule has 1 N–H and O–H groups in total. The second kappa shape index (κ2) is 5.97. The lowest BCUT2D eigenvalue weighted by molar-refractivity contribution is -0.384. The average Bonchev–Trinajstić information content (AvgIpc) is 3.10. The Morgan fingerprint density at radius 1 is 1.12 bits per heavy atom. The minimum absolute atomic E-state index is 0.140. The largest absolute Gasteiger partial charge is 0.378 e. The van der Waals surface area contributed by atoms with Gasteiger partial charge in [0.2, 0.25) is 0 Å². The van der Waals surface area contributed by atoms with E-state index in [-0.39, 0.29) is 28.0 Å². The molecular formula is C22H24N2O2. The van der Waals surface area contributed by atoms with Gasteiger partial charge in [0.05, 0.1) is 11.0 Å². The van der Waals surface area contributed by atoms with E-state index in [1.165, 1.54) is 11.1 Å². The van der Waals surface area contributed by atoms with Gasteiger partial charge in [-0.25, -0.2) is 0 Å². The Balaban J connectivity index is 1.70. The van der Waals surface area contributed by atoms with Crippen LogP contribution in [0.2, 0.25) is 0 Å². The predicted molar refractivity (Wildman–Crippen MR) is 105 cm³/mol. The minimum atomic E-state index is -0.314. The van der Waals surface area contributed by atoms with Crippen molar-refractivity contribution in [1.29, 1.82) is 0 Å². The molecule has 1 aliphatic carbocycles. The second-order valence-electron chi connectivity index (χ2n) is 8.38. The third kappa shape index (κ3) is 2.79. The Bertz CT molecular complexity index is 878. The molecule has 0 amide bonds. The summed E-state index contributed by atoms with van der Waals surface area (Å²) in [4.78, 5) is 10.8. The first-order valence-corrected chi connectivity index (χ1v) is 9.16. The number of non-ortho nitro benzene ring substituents is 1. The molecule has 0 spiro atoms. The van der Waals surface area contributed by atoms with Gasteiger partial charge in [-0.15, -0.1) is 0 Å². The molecule has 4 rings (SSSR count). The van der Waals surface area contributed by atoms with E-state index in [4.69, 9.17) is 0 Å². The van der Waals surface area contributed by atoms with Crippen molar-refractivity contribution in [1.82, 2.24) is 0 Å². The van der Waals surface area contributed by atoms with Crippen LogP contribution in [-0.4, -0.2) is 4.92 Å². The lowest BCUT2D eigenvalue weighted by Gasteiger charge is -2.37. The van der Waals surface area contributed by atoms with Gasteiger partial charge in [0.25, 0.3) is 5.69 Å². The molecule has 1 aliphatic heterocycles. The van der Waals surface area contributed by atoms with Crippen LogP contribution in [0.1, 0.15) is 55.8 Å². The van der Waals surface area contributed by atoms with Gasteiger partial charge in [0, 0.05) is 23.7 Å². The van der Waals surface area contributed by atoms with E-state index in [9.17, 15) is 10.1 Å². The number of anilines is 1. The van der Waals surface area contributed by atoms with E-state index in [0.29, 0.717) is 5.92 Å². The fraction of sp³-hybridized carbons (Fsp3) is 0.364. The van der Waals surface area contributed by atoms with E-state index in [2.05, 4.69) is 62.5 Å². The summed E-state index contributed by atoms with van der Waals surface area (Å²) in [7, 11) is 0. The minimum Gasteiger partial charge on any atom is -0.378 e. The van der Waals surface area contributed by atoms with Crippen molar-refractivity contribution in [3.05, 3.63) is 81.4 Å². The highest BCUT2D eigenvalue weighted by atomic mass is 16.6. The van der Waals surface area contributed by atoms with E-state index in [0.717, 1.165) is 17.7 Å². The van der Waals surface area contributed by atoms with Crippen molar-refractivity contribution in [2.24, 2.45) is 5.92 Å². The second-order valence-corrected chi connectivity index (χ2v) is 8.38. The summed E-state index contributed by atoms with van der Waals surface area (Å²) < 4.78 is 0. The van der Waals surface area contributed by atoms with Crippen molar-refractivity contribution in [2.45, 2.75) is 44.6 Å². The van der Waals surface area contributed by atoms with Gasteiger partial charge in [0.15, 0.2) is 0 Å². The first-order chi connectivity index (χ1) is 12.3. The molecule has 0 fully saturated rings. The first kappa shape index (κ1) is 16.8. The lowest BCUT2D eigenvalue weighted by atomic mass is 9.76. The zero-order valence-electron chi connectivity index (χ0n) is 15.4. The Morgan fingerprint density at radius 3 is 2.50 bits per heavy atom. The van der Waals surface area contributed by atoms with Gasteiger partial charge >= 0.3 is 0 Å². The normalized spacial score (nSPS) is 23.9. The van der Waals surface area contributed by atoms with Crippen molar-refractivity contribution in [3.8, 4) is 0 Å². The van der Waals surface area contributed by atoms with E-state index < -0.39 is 0 Å². The number of rotatable bonds is 2. The van der Waals surface area contributed by atoms with Gasteiger partial charge in [-0.1, -0.05) is 57.2 Å². The van der Waals surface area contributed by atoms with Gasteiger partial charge in [-0.05, 0) is 40.5 Å². The van der Waals surface area contributed by atoms with Gasteiger partial charge in [0.1, 0.15) is 0 Å². The zero-order valence-corrected chi connectivity index (χ0v) is 15.4. The number of nitro groups is 1. The molecule has 4 heteroatoms. The van der Waals surface area contributed by atoms with Crippen LogP contribution >= 0.6 is 0 Å². The van der Waals surface area contributed by atoms with Crippen LogP contribution in [0.5, 0.6) is 0 Å². The quantitative estimate of drug-likeness (QED) is 0.429. The Hall–Kier alpha value is -2.62. The summed E-state index contributed by atoms with van der Waals surface area (Å²) in [5.74, 6) is 0.628. The number of hydrogen-bond donors (Lipinski definition) is 1. The van der Waals surface area contributed by atoms with Crippen LogP contribution < -0.4 is 5.32 Å². The van der Waals surface area contributed by atoms with Crippen LogP contribution in [0.3, 0.4) is 0 Å². The van der Waals surface area contributed by atoms with Crippen LogP contribution in [0.15, 0.2) is 54.6 Å². The van der Waals surface area contributed by atoms with Crippen LogP contribution in [-0.2, 0) is 5.41 Å². The predicted octanol–water partition coefficient (Wildman–Crippen LogP) is 5.72. The maximum absolute atomic E-state index is 11.1. The molecule has 0 bridgehead atoms. The highest BCUT2D eigenvalue weighted by Gasteiger charge is 2.38. The summed E-state index contributed by atoms with van der Waals surface area (Å²) in [6, 6.07) is 14.3. The number of nitrogens with zero attached hydrogens (tertiary/aromatic N) is 1. The summed E-state index contributed by atoms with van der Waals surface area (Å²) in [6.07, 6.45) is 5.41. The van der Waals surface area contributed by atoms with Gasteiger partial charge in [-0.3, -0.25) is 10.1 Å². The number of allylic oxidation sites excluding steroid dienone is 2. The number of benzene rings is 2. The van der Waals surface area contributed by atoms with Crippen LogP contribution in [0.25, 0.3) is 0 Å². The molecule has 134 valence electrons. The first-order valence-electron chi connectivity index (χ1n) is 9.16. The molecule has 2 aromatic rings. The fourth-order valence-corrected chi connectivity index (χ4v) is 4.22. The van der Waals surface area contributed by atoms with Crippen molar-refractivity contribution >= 4 is 11.4 Å². The van der Waals surface area contributed by atoms with Gasteiger partial charge in [-0.2, -0.15) is 0 Å². The van der Waals surface area contributed by atoms with E-state index in [1.54, 1.807) is 12.1 Å². The molecule has 2 aliphatic rings. The molecule has 1 heterocycles. The highest BCUT2D eigenvalue weighted by molar-refractivity contribution is 5.63. The number of nitro benzene ring substituents is 1. The third-order valence-corrected chi connectivity index (χ3v) is 5.69. The smallest absolute Gasteiger partial charge is 0.269 e. The molecule has 26 heavy (non-hydrogen) atoms. The molecule has 0 unspecified atom stereocenters. The monoisotopic (exact) mass is 348 g/mol. The van der Waals surface area contributed by atoms with Crippen LogP contribution in [0.4, 0.5) is 11.4 Å². The van der Waals surface area contributed by atoms with Gasteiger partial charge < -0.3 is 5.32 Å². The van der Waals surface area contributed by atoms with Crippen molar-refractivity contribution < 1.29 is 4.92 Å². The molecule has 2 aromatic carbocycles. The molecule has 0 radical (unpaired) electrons. The Kier molecular flexibility index (Phi) is 3.87. The fourth-order valence-electron chi connectivity index (χ4n) is 4.22. The third-order valence-electron chi connectivity index (χ3n) is 5.69. The topological polar surface area (TPSA) is 55.2 Å². The maximum atomic E-state index is 11.1. The summed E-state index contributed by atoms with van der Waals surface area (Å²) >= 11 is 0. The summed E-state index contributed by atoms with van der Waals surface area (Å²) in [5, 5.41) is 14.8. The number of hydrogen-bond acceptors (Lipinski definition) is 3. The lowest BCUT2D eigenvalue weighted by Crippen LogP contribution is -2.29. The molecule has 0 aromatic heterocycles. The number of fused-ring (bicyclic) bond motifs is 3.